The molecule has 0 heterocycles. The minimum absolute atomic E-state index is 0.0108. The van der Waals surface area contributed by atoms with E-state index in [1.165, 1.54) is 25.3 Å². The zero-order valence-electron chi connectivity index (χ0n) is 9.19. The Kier molecular flexibility index (Phi) is 3.44. The van der Waals surface area contributed by atoms with Crippen LogP contribution in [0.1, 0.15) is 42.5 Å². The third-order valence-electron chi connectivity index (χ3n) is 3.01. The molecule has 1 fully saturated rings. The van der Waals surface area contributed by atoms with Gasteiger partial charge in [0.1, 0.15) is 11.5 Å². The monoisotopic (exact) mass is 220 g/mol. The van der Waals surface area contributed by atoms with Gasteiger partial charge in [-0.05, 0) is 37.8 Å². The van der Waals surface area contributed by atoms with Gasteiger partial charge in [-0.2, -0.15) is 0 Å². The number of aromatic hydroxyl groups is 1. The molecule has 1 aliphatic rings. The van der Waals surface area contributed by atoms with Crippen LogP contribution in [0, 0.1) is 0 Å². The van der Waals surface area contributed by atoms with Gasteiger partial charge in [0.25, 0.3) is 0 Å². The van der Waals surface area contributed by atoms with Crippen LogP contribution in [-0.2, 0) is 0 Å². The lowest BCUT2D eigenvalue weighted by atomic mass is 9.97. The molecule has 0 spiro atoms. The molecule has 0 amide bonds. The number of ether oxygens (including phenoxy) is 1. The molecule has 0 bridgehead atoms. The van der Waals surface area contributed by atoms with Gasteiger partial charge in [-0.1, -0.05) is 12.5 Å². The second kappa shape index (κ2) is 5.01. The Balaban J connectivity index is 2.13. The van der Waals surface area contributed by atoms with Gasteiger partial charge in [-0.15, -0.1) is 0 Å². The van der Waals surface area contributed by atoms with Crippen molar-refractivity contribution in [1.82, 2.24) is 0 Å². The van der Waals surface area contributed by atoms with Gasteiger partial charge < -0.3 is 9.84 Å². The second-order valence-electron chi connectivity index (χ2n) is 4.18. The summed E-state index contributed by atoms with van der Waals surface area (Å²) in [5.74, 6) is 0.491. The first-order chi connectivity index (χ1) is 7.81. The number of rotatable bonds is 3. The minimum atomic E-state index is -0.0108. The molecule has 0 radical (unpaired) electrons. The first kappa shape index (κ1) is 11.0. The van der Waals surface area contributed by atoms with Gasteiger partial charge >= 0.3 is 0 Å². The van der Waals surface area contributed by atoms with Crippen molar-refractivity contribution in [1.29, 1.82) is 0 Å². The van der Waals surface area contributed by atoms with E-state index >= 15 is 0 Å². The van der Waals surface area contributed by atoms with Crippen LogP contribution in [0.4, 0.5) is 0 Å². The van der Waals surface area contributed by atoms with E-state index in [0.717, 1.165) is 12.8 Å². The summed E-state index contributed by atoms with van der Waals surface area (Å²) >= 11 is 0. The molecule has 3 nitrogen and oxygen atoms in total. The number of benzene rings is 1. The lowest BCUT2D eigenvalue weighted by Crippen LogP contribution is -2.20. The topological polar surface area (TPSA) is 46.5 Å². The molecule has 0 unspecified atom stereocenters. The molecule has 16 heavy (non-hydrogen) atoms. The highest BCUT2D eigenvalue weighted by Gasteiger charge is 2.17. The fourth-order valence-corrected chi connectivity index (χ4v) is 2.12. The van der Waals surface area contributed by atoms with Crippen molar-refractivity contribution in [3.05, 3.63) is 23.8 Å². The molecule has 1 aromatic carbocycles. The summed E-state index contributed by atoms with van der Waals surface area (Å²) < 4.78 is 5.77. The Morgan fingerprint density at radius 2 is 2.00 bits per heavy atom. The van der Waals surface area contributed by atoms with Crippen LogP contribution in [0.5, 0.6) is 11.5 Å². The van der Waals surface area contributed by atoms with E-state index in [1.807, 2.05) is 0 Å². The van der Waals surface area contributed by atoms with Crippen LogP contribution in [0.2, 0.25) is 0 Å². The summed E-state index contributed by atoms with van der Waals surface area (Å²) in [6.07, 6.45) is 6.53. The summed E-state index contributed by atoms with van der Waals surface area (Å²) in [4.78, 5) is 10.8. The lowest BCUT2D eigenvalue weighted by Gasteiger charge is -2.23. The van der Waals surface area contributed by atoms with E-state index < -0.39 is 0 Å². The lowest BCUT2D eigenvalue weighted by molar-refractivity contribution is 0.110. The minimum Gasteiger partial charge on any atom is -0.507 e. The quantitative estimate of drug-likeness (QED) is 0.797. The second-order valence-corrected chi connectivity index (χ2v) is 4.18. The zero-order chi connectivity index (χ0) is 11.4. The maximum atomic E-state index is 10.8. The first-order valence-corrected chi connectivity index (χ1v) is 5.75. The molecule has 0 atom stereocenters. The number of hydrogen-bond donors (Lipinski definition) is 1. The Morgan fingerprint density at radius 1 is 1.25 bits per heavy atom. The molecule has 1 N–H and O–H groups in total. The summed E-state index contributed by atoms with van der Waals surface area (Å²) in [5.41, 5.74) is 0.257. The van der Waals surface area contributed by atoms with Gasteiger partial charge in [0.2, 0.25) is 0 Å². The van der Waals surface area contributed by atoms with Crippen LogP contribution in [0.25, 0.3) is 0 Å². The van der Waals surface area contributed by atoms with E-state index in [0.29, 0.717) is 12.0 Å². The van der Waals surface area contributed by atoms with E-state index in [-0.39, 0.29) is 17.4 Å². The van der Waals surface area contributed by atoms with E-state index in [1.54, 1.807) is 12.1 Å². The zero-order valence-corrected chi connectivity index (χ0v) is 9.19. The summed E-state index contributed by atoms with van der Waals surface area (Å²) in [7, 11) is 0. The highest BCUT2D eigenvalue weighted by atomic mass is 16.5. The van der Waals surface area contributed by atoms with Crippen molar-refractivity contribution in [2.24, 2.45) is 0 Å². The molecule has 1 saturated carbocycles. The summed E-state index contributed by atoms with van der Waals surface area (Å²) in [6, 6.07) is 4.93. The number of carbonyl (C=O) groups is 1. The maximum absolute atomic E-state index is 10.8. The van der Waals surface area contributed by atoms with Crippen molar-refractivity contribution in [3.63, 3.8) is 0 Å². The van der Waals surface area contributed by atoms with Gasteiger partial charge in [0, 0.05) is 0 Å². The Hall–Kier alpha value is -1.51. The van der Waals surface area contributed by atoms with Crippen molar-refractivity contribution in [2.75, 3.05) is 0 Å². The number of phenols is 1. The number of carbonyl (C=O) groups excluding carboxylic acids is 1. The molecular weight excluding hydrogens is 204 g/mol. The van der Waals surface area contributed by atoms with Crippen molar-refractivity contribution in [3.8, 4) is 11.5 Å². The fourth-order valence-electron chi connectivity index (χ4n) is 2.12. The molecule has 86 valence electrons. The molecule has 0 aromatic heterocycles. The van der Waals surface area contributed by atoms with Crippen molar-refractivity contribution in [2.45, 2.75) is 38.2 Å². The molecule has 1 aliphatic carbocycles. The van der Waals surface area contributed by atoms with Gasteiger partial charge in [-0.3, -0.25) is 4.79 Å². The van der Waals surface area contributed by atoms with Crippen LogP contribution in [-0.4, -0.2) is 17.5 Å². The standard InChI is InChI=1S/C13H16O3/c14-9-11-12(15)7-4-8-13(11)16-10-5-2-1-3-6-10/h4,7-10,15H,1-3,5-6H2. The van der Waals surface area contributed by atoms with Gasteiger partial charge in [0.05, 0.1) is 11.7 Å². The van der Waals surface area contributed by atoms with E-state index in [9.17, 15) is 9.90 Å². The fraction of sp³-hybridized carbons (Fsp3) is 0.462. The maximum Gasteiger partial charge on any atom is 0.157 e. The van der Waals surface area contributed by atoms with E-state index in [2.05, 4.69) is 0 Å². The van der Waals surface area contributed by atoms with E-state index in [4.69, 9.17) is 4.74 Å². The highest BCUT2D eigenvalue weighted by Crippen LogP contribution is 2.29. The Labute approximate surface area is 95.0 Å². The van der Waals surface area contributed by atoms with Crippen LogP contribution >= 0.6 is 0 Å². The molecular formula is C13H16O3. The van der Waals surface area contributed by atoms with Crippen LogP contribution in [0.15, 0.2) is 18.2 Å². The highest BCUT2D eigenvalue weighted by molar-refractivity contribution is 5.83. The number of hydrogen-bond acceptors (Lipinski definition) is 3. The van der Waals surface area contributed by atoms with Crippen LogP contribution < -0.4 is 4.74 Å². The number of aldehydes is 1. The normalized spacial score (nSPS) is 17.0. The predicted octanol–water partition coefficient (Wildman–Crippen LogP) is 2.92. The molecule has 0 saturated heterocycles. The van der Waals surface area contributed by atoms with Crippen molar-refractivity contribution >= 4 is 6.29 Å². The first-order valence-electron chi connectivity index (χ1n) is 5.75. The summed E-state index contributed by atoms with van der Waals surface area (Å²) in [6.45, 7) is 0. The average molecular weight is 220 g/mol. The third kappa shape index (κ3) is 2.35. The van der Waals surface area contributed by atoms with Gasteiger partial charge in [0.15, 0.2) is 6.29 Å². The molecule has 1 aromatic rings. The average Bonchev–Trinajstić information content (AvgIpc) is 2.31. The van der Waals surface area contributed by atoms with Crippen LogP contribution in [0.3, 0.4) is 0 Å². The Morgan fingerprint density at radius 3 is 2.69 bits per heavy atom. The predicted molar refractivity (Wildman–Crippen MR) is 61.0 cm³/mol. The molecule has 0 aliphatic heterocycles. The molecule has 3 heteroatoms. The van der Waals surface area contributed by atoms with Gasteiger partial charge in [-0.25, -0.2) is 0 Å². The third-order valence-corrected chi connectivity index (χ3v) is 3.01. The smallest absolute Gasteiger partial charge is 0.157 e. The summed E-state index contributed by atoms with van der Waals surface area (Å²) in [5, 5.41) is 9.51. The van der Waals surface area contributed by atoms with Crippen molar-refractivity contribution < 1.29 is 14.6 Å². The SMILES string of the molecule is O=Cc1c(O)cccc1OC1CCCCC1. The molecule has 2 rings (SSSR count). The Bertz CT molecular complexity index is 367. The number of phenolic OH excluding ortho intramolecular Hbond substituents is 1. The largest absolute Gasteiger partial charge is 0.507 e.